The van der Waals surface area contributed by atoms with Crippen molar-refractivity contribution >= 4 is 18.2 Å². The Labute approximate surface area is 173 Å². The molecule has 0 saturated carbocycles. The second-order valence-corrected chi connectivity index (χ2v) is 8.47. The minimum atomic E-state index is -0.307. The van der Waals surface area contributed by atoms with E-state index in [1.165, 1.54) is 31.2 Å². The van der Waals surface area contributed by atoms with Crippen molar-refractivity contribution in [3.05, 3.63) is 34.9 Å². The van der Waals surface area contributed by atoms with E-state index in [1.54, 1.807) is 0 Å². The molecule has 0 spiro atoms. The van der Waals surface area contributed by atoms with Crippen molar-refractivity contribution in [2.45, 2.75) is 77.4 Å². The van der Waals surface area contributed by atoms with E-state index >= 15 is 0 Å². The van der Waals surface area contributed by atoms with Crippen LogP contribution in [0, 0.1) is 5.92 Å². The van der Waals surface area contributed by atoms with Crippen LogP contribution in [0.15, 0.2) is 18.2 Å². The van der Waals surface area contributed by atoms with E-state index in [1.807, 2.05) is 17.9 Å². The molecular weight excluding hydrogens is 366 g/mol. The van der Waals surface area contributed by atoms with Crippen molar-refractivity contribution < 1.29 is 14.4 Å². The predicted molar refractivity (Wildman–Crippen MR) is 112 cm³/mol. The summed E-state index contributed by atoms with van der Waals surface area (Å²) in [7, 11) is 0. The molecule has 1 fully saturated rings. The highest BCUT2D eigenvalue weighted by atomic mass is 16.2. The maximum atomic E-state index is 12.8. The highest BCUT2D eigenvalue weighted by Crippen LogP contribution is 2.32. The summed E-state index contributed by atoms with van der Waals surface area (Å²) in [6.45, 7) is 5.87. The molecule has 3 atom stereocenters. The fourth-order valence-electron chi connectivity index (χ4n) is 4.51. The van der Waals surface area contributed by atoms with Crippen molar-refractivity contribution in [2.75, 3.05) is 6.54 Å². The van der Waals surface area contributed by atoms with Crippen molar-refractivity contribution in [1.29, 1.82) is 0 Å². The van der Waals surface area contributed by atoms with Gasteiger partial charge < -0.3 is 10.2 Å². The summed E-state index contributed by atoms with van der Waals surface area (Å²) in [5.41, 5.74) is 3.12. The summed E-state index contributed by atoms with van der Waals surface area (Å²) in [5, 5.41) is 5.85. The van der Waals surface area contributed by atoms with Gasteiger partial charge in [0.15, 0.2) is 0 Å². The molecule has 0 aromatic heterocycles. The van der Waals surface area contributed by atoms with Crippen LogP contribution in [0.1, 0.15) is 86.3 Å². The number of hydrogen-bond donors (Lipinski definition) is 2. The van der Waals surface area contributed by atoms with E-state index in [9.17, 15) is 14.4 Å². The molecule has 158 valence electrons. The first-order chi connectivity index (χ1) is 14.0. The summed E-state index contributed by atoms with van der Waals surface area (Å²) >= 11 is 0. The van der Waals surface area contributed by atoms with Crippen LogP contribution in [-0.4, -0.2) is 35.7 Å². The zero-order chi connectivity index (χ0) is 20.8. The Morgan fingerprint density at radius 1 is 1.38 bits per heavy atom. The maximum absolute atomic E-state index is 12.8. The molecule has 2 N–H and O–H groups in total. The van der Waals surface area contributed by atoms with Crippen LogP contribution in [0.3, 0.4) is 0 Å². The van der Waals surface area contributed by atoms with E-state index in [0.717, 1.165) is 30.0 Å². The Hall–Kier alpha value is -2.21. The van der Waals surface area contributed by atoms with E-state index in [-0.39, 0.29) is 24.3 Å². The molecule has 3 amide bonds. The molecule has 2 aliphatic rings. The standard InChI is InChI=1S/C23H33N3O3/c1-3-4-5-17-7-10-21(24-13-17)18-8-9-20-19(12-18)14-26(23(20)29)16(2)6-11-22(28)25-15-27/h8-9,12,15-17,21,24H,3-7,10-11,13-14H2,1-2H3,(H,25,27,28). The van der Waals surface area contributed by atoms with Gasteiger partial charge in [-0.1, -0.05) is 31.9 Å². The van der Waals surface area contributed by atoms with Crippen LogP contribution in [0.5, 0.6) is 0 Å². The highest BCUT2D eigenvalue weighted by molar-refractivity contribution is 5.98. The molecule has 29 heavy (non-hydrogen) atoms. The largest absolute Gasteiger partial charge is 0.332 e. The van der Waals surface area contributed by atoms with Gasteiger partial charge in [0, 0.05) is 30.6 Å². The number of carbonyl (C=O) groups excluding carboxylic acids is 3. The average molecular weight is 400 g/mol. The fourth-order valence-corrected chi connectivity index (χ4v) is 4.51. The number of nitrogens with one attached hydrogen (secondary N) is 2. The van der Waals surface area contributed by atoms with Gasteiger partial charge in [0.05, 0.1) is 0 Å². The second kappa shape index (κ2) is 10.0. The molecule has 1 aromatic carbocycles. The van der Waals surface area contributed by atoms with Gasteiger partial charge in [-0.25, -0.2) is 0 Å². The number of fused-ring (bicyclic) bond motifs is 1. The van der Waals surface area contributed by atoms with E-state index in [4.69, 9.17) is 0 Å². The SMILES string of the molecule is CCCCC1CCC(c2ccc3c(c2)CN(C(C)CCC(=O)NC=O)C3=O)NC1. The molecule has 0 aliphatic carbocycles. The first-order valence-electron chi connectivity index (χ1n) is 10.9. The maximum Gasteiger partial charge on any atom is 0.254 e. The highest BCUT2D eigenvalue weighted by Gasteiger charge is 2.32. The molecule has 2 heterocycles. The topological polar surface area (TPSA) is 78.5 Å². The van der Waals surface area contributed by atoms with Crippen molar-refractivity contribution in [3.8, 4) is 0 Å². The monoisotopic (exact) mass is 399 g/mol. The Bertz CT molecular complexity index is 741. The lowest BCUT2D eigenvalue weighted by Crippen LogP contribution is -2.34. The Balaban J connectivity index is 1.58. The zero-order valence-electron chi connectivity index (χ0n) is 17.6. The average Bonchev–Trinajstić information content (AvgIpc) is 3.07. The molecular formula is C23H33N3O3. The van der Waals surface area contributed by atoms with E-state index in [2.05, 4.69) is 29.7 Å². The minimum Gasteiger partial charge on any atom is -0.332 e. The molecule has 0 bridgehead atoms. The number of piperidine rings is 1. The zero-order valence-corrected chi connectivity index (χ0v) is 17.6. The van der Waals surface area contributed by atoms with Gasteiger partial charge in [-0.2, -0.15) is 0 Å². The van der Waals surface area contributed by atoms with Crippen LogP contribution in [-0.2, 0) is 16.1 Å². The third-order valence-electron chi connectivity index (χ3n) is 6.39. The lowest BCUT2D eigenvalue weighted by Gasteiger charge is -2.30. The molecule has 0 radical (unpaired) electrons. The summed E-state index contributed by atoms with van der Waals surface area (Å²) in [6, 6.07) is 6.55. The second-order valence-electron chi connectivity index (χ2n) is 8.47. The van der Waals surface area contributed by atoms with Gasteiger partial charge in [-0.05, 0) is 62.3 Å². The Morgan fingerprint density at radius 2 is 2.21 bits per heavy atom. The third kappa shape index (κ3) is 5.24. The third-order valence-corrected chi connectivity index (χ3v) is 6.39. The quantitative estimate of drug-likeness (QED) is 0.625. The van der Waals surface area contributed by atoms with Gasteiger partial charge in [-0.15, -0.1) is 0 Å². The molecule has 2 aliphatic heterocycles. The van der Waals surface area contributed by atoms with Crippen LogP contribution in [0.2, 0.25) is 0 Å². The lowest BCUT2D eigenvalue weighted by atomic mass is 9.87. The first kappa shape index (κ1) is 21.5. The van der Waals surface area contributed by atoms with Gasteiger partial charge in [-0.3, -0.25) is 19.7 Å². The summed E-state index contributed by atoms with van der Waals surface area (Å²) in [4.78, 5) is 36.5. The van der Waals surface area contributed by atoms with Crippen molar-refractivity contribution in [1.82, 2.24) is 15.5 Å². The number of hydrogen-bond acceptors (Lipinski definition) is 4. The molecule has 3 unspecified atom stereocenters. The molecule has 6 heteroatoms. The summed E-state index contributed by atoms with van der Waals surface area (Å²) in [6.07, 6.45) is 7.46. The number of rotatable bonds is 9. The smallest absolute Gasteiger partial charge is 0.254 e. The van der Waals surface area contributed by atoms with Crippen LogP contribution < -0.4 is 10.6 Å². The van der Waals surface area contributed by atoms with Gasteiger partial charge in [0.1, 0.15) is 0 Å². The number of benzene rings is 1. The molecule has 6 nitrogen and oxygen atoms in total. The van der Waals surface area contributed by atoms with E-state index < -0.39 is 0 Å². The molecule has 3 rings (SSSR count). The first-order valence-corrected chi connectivity index (χ1v) is 10.9. The fraction of sp³-hybridized carbons (Fsp3) is 0.609. The molecule has 1 aromatic rings. The van der Waals surface area contributed by atoms with Gasteiger partial charge >= 0.3 is 0 Å². The number of nitrogens with zero attached hydrogens (tertiary/aromatic N) is 1. The molecule has 1 saturated heterocycles. The number of carbonyl (C=O) groups is 3. The van der Waals surface area contributed by atoms with Gasteiger partial charge in [0.2, 0.25) is 12.3 Å². The Kier molecular flexibility index (Phi) is 7.42. The Morgan fingerprint density at radius 3 is 2.90 bits per heavy atom. The number of amides is 3. The predicted octanol–water partition coefficient (Wildman–Crippen LogP) is 3.31. The number of unbranched alkanes of at least 4 members (excludes halogenated alkanes) is 1. The van der Waals surface area contributed by atoms with Crippen LogP contribution in [0.25, 0.3) is 0 Å². The number of imide groups is 1. The van der Waals surface area contributed by atoms with Crippen LogP contribution in [0.4, 0.5) is 0 Å². The van der Waals surface area contributed by atoms with Gasteiger partial charge in [0.25, 0.3) is 5.91 Å². The lowest BCUT2D eigenvalue weighted by molar-refractivity contribution is -0.125. The van der Waals surface area contributed by atoms with Crippen molar-refractivity contribution in [3.63, 3.8) is 0 Å². The summed E-state index contributed by atoms with van der Waals surface area (Å²) < 4.78 is 0. The van der Waals surface area contributed by atoms with Crippen molar-refractivity contribution in [2.24, 2.45) is 5.92 Å². The summed E-state index contributed by atoms with van der Waals surface area (Å²) in [5.74, 6) is 0.514. The van der Waals surface area contributed by atoms with E-state index in [0.29, 0.717) is 25.4 Å². The van der Waals surface area contributed by atoms with Crippen LogP contribution >= 0.6 is 0 Å². The normalized spacial score (nSPS) is 22.3. The minimum absolute atomic E-state index is 0.0334.